The maximum absolute atomic E-state index is 11.9. The van der Waals surface area contributed by atoms with Gasteiger partial charge >= 0.3 is 0 Å². The van der Waals surface area contributed by atoms with Crippen molar-refractivity contribution >= 4 is 29.3 Å². The number of rotatable bonds is 5. The van der Waals surface area contributed by atoms with Crippen molar-refractivity contribution < 1.29 is 9.59 Å². The second-order valence-electron chi connectivity index (χ2n) is 5.47. The fourth-order valence-electron chi connectivity index (χ4n) is 2.07. The van der Waals surface area contributed by atoms with Crippen LogP contribution in [-0.4, -0.2) is 27.8 Å². The molecular formula is C17H20N4O2S. The first-order valence-electron chi connectivity index (χ1n) is 7.51. The first kappa shape index (κ1) is 17.9. The van der Waals surface area contributed by atoms with Crippen LogP contribution in [0.3, 0.4) is 0 Å². The largest absolute Gasteiger partial charge is 0.345 e. The lowest BCUT2D eigenvalue weighted by Crippen LogP contribution is -2.40. The first-order valence-corrected chi connectivity index (χ1v) is 8.33. The molecule has 0 spiro atoms. The van der Waals surface area contributed by atoms with Crippen LogP contribution in [0.15, 0.2) is 40.4 Å². The SMILES string of the molecule is CC(=O)NC(C)C(=O)Nc1ccc(Sc2nc(C)cc(C)n2)cc1. The molecule has 0 saturated heterocycles. The molecule has 1 heterocycles. The Morgan fingerprint density at radius 3 is 2.21 bits per heavy atom. The summed E-state index contributed by atoms with van der Waals surface area (Å²) in [6.07, 6.45) is 0. The normalized spacial score (nSPS) is 11.7. The van der Waals surface area contributed by atoms with Gasteiger partial charge in [-0.05, 0) is 62.9 Å². The molecule has 126 valence electrons. The molecule has 0 fully saturated rings. The summed E-state index contributed by atoms with van der Waals surface area (Å²) in [6, 6.07) is 8.75. The van der Waals surface area contributed by atoms with Crippen LogP contribution in [0, 0.1) is 13.8 Å². The molecule has 0 bridgehead atoms. The Labute approximate surface area is 145 Å². The van der Waals surface area contributed by atoms with Crippen molar-refractivity contribution in [3.63, 3.8) is 0 Å². The molecule has 0 saturated carbocycles. The summed E-state index contributed by atoms with van der Waals surface area (Å²) < 4.78 is 0. The van der Waals surface area contributed by atoms with Gasteiger partial charge in [-0.1, -0.05) is 0 Å². The van der Waals surface area contributed by atoms with Crippen molar-refractivity contribution in [2.24, 2.45) is 0 Å². The van der Waals surface area contributed by atoms with E-state index < -0.39 is 6.04 Å². The highest BCUT2D eigenvalue weighted by atomic mass is 32.2. The molecule has 0 aliphatic carbocycles. The van der Waals surface area contributed by atoms with Gasteiger partial charge in [0, 0.05) is 28.9 Å². The van der Waals surface area contributed by atoms with Gasteiger partial charge in [-0.3, -0.25) is 9.59 Å². The molecule has 1 unspecified atom stereocenters. The topological polar surface area (TPSA) is 84.0 Å². The number of nitrogens with one attached hydrogen (secondary N) is 2. The van der Waals surface area contributed by atoms with E-state index in [0.29, 0.717) is 10.8 Å². The molecule has 2 rings (SSSR count). The van der Waals surface area contributed by atoms with Crippen molar-refractivity contribution in [1.29, 1.82) is 0 Å². The number of carbonyl (C=O) groups excluding carboxylic acids is 2. The van der Waals surface area contributed by atoms with Gasteiger partial charge in [0.1, 0.15) is 6.04 Å². The van der Waals surface area contributed by atoms with E-state index in [2.05, 4.69) is 20.6 Å². The Kier molecular flexibility index (Phi) is 5.92. The lowest BCUT2D eigenvalue weighted by atomic mass is 10.2. The smallest absolute Gasteiger partial charge is 0.246 e. The van der Waals surface area contributed by atoms with Gasteiger partial charge in [0.25, 0.3) is 0 Å². The third-order valence-electron chi connectivity index (χ3n) is 3.11. The van der Waals surface area contributed by atoms with Crippen LogP contribution in [0.5, 0.6) is 0 Å². The summed E-state index contributed by atoms with van der Waals surface area (Å²) in [5.41, 5.74) is 2.53. The first-order chi connectivity index (χ1) is 11.3. The monoisotopic (exact) mass is 344 g/mol. The number of anilines is 1. The summed E-state index contributed by atoms with van der Waals surface area (Å²) in [4.78, 5) is 32.7. The second kappa shape index (κ2) is 7.92. The molecule has 1 aromatic carbocycles. The van der Waals surface area contributed by atoms with Crippen molar-refractivity contribution in [2.75, 3.05) is 5.32 Å². The van der Waals surface area contributed by atoms with Crippen LogP contribution in [0.1, 0.15) is 25.2 Å². The standard InChI is InChI=1S/C17H20N4O2S/c1-10-9-11(2)19-17(18-10)24-15-7-5-14(6-8-15)21-16(23)12(3)20-13(4)22/h5-9,12H,1-4H3,(H,20,22)(H,21,23). The third-order valence-corrected chi connectivity index (χ3v) is 3.98. The molecule has 0 aliphatic heterocycles. The van der Waals surface area contributed by atoms with E-state index in [-0.39, 0.29) is 11.8 Å². The van der Waals surface area contributed by atoms with Crippen LogP contribution in [-0.2, 0) is 9.59 Å². The molecule has 0 aliphatic rings. The minimum Gasteiger partial charge on any atom is -0.345 e. The predicted octanol–water partition coefficient (Wildman–Crippen LogP) is 2.71. The number of aromatic nitrogens is 2. The van der Waals surface area contributed by atoms with Crippen LogP contribution in [0.4, 0.5) is 5.69 Å². The Hall–Kier alpha value is -2.41. The molecule has 2 amide bonds. The number of amides is 2. The number of hydrogen-bond donors (Lipinski definition) is 2. The third kappa shape index (κ3) is 5.34. The summed E-state index contributed by atoms with van der Waals surface area (Å²) in [5.74, 6) is -0.499. The van der Waals surface area contributed by atoms with E-state index in [9.17, 15) is 9.59 Å². The molecule has 2 aromatic rings. The lowest BCUT2D eigenvalue weighted by molar-refractivity contribution is -0.124. The second-order valence-corrected chi connectivity index (χ2v) is 6.51. The van der Waals surface area contributed by atoms with E-state index >= 15 is 0 Å². The Morgan fingerprint density at radius 1 is 1.08 bits per heavy atom. The van der Waals surface area contributed by atoms with E-state index in [1.54, 1.807) is 6.92 Å². The summed E-state index contributed by atoms with van der Waals surface area (Å²) in [7, 11) is 0. The average molecular weight is 344 g/mol. The highest BCUT2D eigenvalue weighted by Gasteiger charge is 2.13. The molecular weight excluding hydrogens is 324 g/mol. The van der Waals surface area contributed by atoms with Gasteiger partial charge in [-0.15, -0.1) is 0 Å². The van der Waals surface area contributed by atoms with E-state index in [0.717, 1.165) is 16.3 Å². The minimum atomic E-state index is -0.583. The Balaban J connectivity index is 2.00. The highest BCUT2D eigenvalue weighted by molar-refractivity contribution is 7.99. The fourth-order valence-corrected chi connectivity index (χ4v) is 2.93. The zero-order chi connectivity index (χ0) is 17.7. The summed E-state index contributed by atoms with van der Waals surface area (Å²) in [5, 5.41) is 6.01. The highest BCUT2D eigenvalue weighted by Crippen LogP contribution is 2.26. The number of carbonyl (C=O) groups is 2. The molecule has 24 heavy (non-hydrogen) atoms. The minimum absolute atomic E-state index is 0.238. The van der Waals surface area contributed by atoms with Gasteiger partial charge in [-0.2, -0.15) is 0 Å². The van der Waals surface area contributed by atoms with Crippen LogP contribution in [0.2, 0.25) is 0 Å². The Morgan fingerprint density at radius 2 is 1.67 bits per heavy atom. The van der Waals surface area contributed by atoms with E-state index in [1.807, 2.05) is 44.2 Å². The van der Waals surface area contributed by atoms with Crippen molar-refractivity contribution in [3.8, 4) is 0 Å². The zero-order valence-electron chi connectivity index (χ0n) is 14.1. The van der Waals surface area contributed by atoms with Gasteiger partial charge in [0.05, 0.1) is 0 Å². The van der Waals surface area contributed by atoms with Gasteiger partial charge in [-0.25, -0.2) is 9.97 Å². The van der Waals surface area contributed by atoms with E-state index in [4.69, 9.17) is 0 Å². The van der Waals surface area contributed by atoms with Crippen LogP contribution in [0.25, 0.3) is 0 Å². The van der Waals surface area contributed by atoms with Crippen LogP contribution >= 0.6 is 11.8 Å². The predicted molar refractivity (Wildman–Crippen MR) is 94.0 cm³/mol. The van der Waals surface area contributed by atoms with Gasteiger partial charge in [0.2, 0.25) is 11.8 Å². The number of hydrogen-bond acceptors (Lipinski definition) is 5. The van der Waals surface area contributed by atoms with Gasteiger partial charge in [0.15, 0.2) is 5.16 Å². The maximum atomic E-state index is 11.9. The number of aryl methyl sites for hydroxylation is 2. The molecule has 6 nitrogen and oxygen atoms in total. The lowest BCUT2D eigenvalue weighted by Gasteiger charge is -2.13. The van der Waals surface area contributed by atoms with Crippen LogP contribution < -0.4 is 10.6 Å². The summed E-state index contributed by atoms with van der Waals surface area (Å²) in [6.45, 7) is 6.89. The van der Waals surface area contributed by atoms with Crippen molar-refractivity contribution in [3.05, 3.63) is 41.7 Å². The fraction of sp³-hybridized carbons (Fsp3) is 0.294. The Bertz CT molecular complexity index is 727. The summed E-state index contributed by atoms with van der Waals surface area (Å²) >= 11 is 1.47. The quantitative estimate of drug-likeness (QED) is 0.815. The van der Waals surface area contributed by atoms with E-state index in [1.165, 1.54) is 18.7 Å². The van der Waals surface area contributed by atoms with Gasteiger partial charge < -0.3 is 10.6 Å². The molecule has 1 aromatic heterocycles. The van der Waals surface area contributed by atoms with Crippen molar-refractivity contribution in [1.82, 2.24) is 15.3 Å². The molecule has 0 radical (unpaired) electrons. The van der Waals surface area contributed by atoms with Crippen molar-refractivity contribution in [2.45, 2.75) is 43.8 Å². The number of benzene rings is 1. The molecule has 1 atom stereocenters. The maximum Gasteiger partial charge on any atom is 0.246 e. The molecule has 2 N–H and O–H groups in total. The zero-order valence-corrected chi connectivity index (χ0v) is 14.9. The molecule has 7 heteroatoms. The number of nitrogens with zero attached hydrogens (tertiary/aromatic N) is 2. The average Bonchev–Trinajstić information content (AvgIpc) is 2.47.